The summed E-state index contributed by atoms with van der Waals surface area (Å²) in [6, 6.07) is 12.5. The quantitative estimate of drug-likeness (QED) is 0.724. The van der Waals surface area contributed by atoms with Crippen molar-refractivity contribution in [1.29, 1.82) is 0 Å². The number of carbonyl (C=O) groups is 2. The van der Waals surface area contributed by atoms with E-state index in [0.29, 0.717) is 29.3 Å². The standard InChI is InChI=1S/C19H18FN5O2/c1-3-17(26)22-14-5-4-6-15(11-14)23-19(27)18-21-12(2)25(24-18)16-9-7-13(20)8-10-16/h4-11H,3H2,1-2H3,(H,22,26)(H,23,27). The number of nitrogens with zero attached hydrogens (tertiary/aromatic N) is 3. The molecule has 1 aromatic heterocycles. The molecule has 0 fully saturated rings. The van der Waals surface area contributed by atoms with Gasteiger partial charge in [-0.2, -0.15) is 0 Å². The van der Waals surface area contributed by atoms with Crippen LogP contribution in [0.4, 0.5) is 15.8 Å². The van der Waals surface area contributed by atoms with Crippen molar-refractivity contribution in [3.05, 3.63) is 66.0 Å². The Kier molecular flexibility index (Phi) is 5.25. The fourth-order valence-corrected chi connectivity index (χ4v) is 2.42. The SMILES string of the molecule is CCC(=O)Nc1cccc(NC(=O)c2nc(C)n(-c3ccc(F)cc3)n2)c1. The smallest absolute Gasteiger partial charge is 0.295 e. The topological polar surface area (TPSA) is 88.9 Å². The second-order valence-electron chi connectivity index (χ2n) is 5.81. The lowest BCUT2D eigenvalue weighted by molar-refractivity contribution is -0.115. The Labute approximate surface area is 155 Å². The summed E-state index contributed by atoms with van der Waals surface area (Å²) >= 11 is 0. The molecule has 3 rings (SSSR count). The van der Waals surface area contributed by atoms with Crippen LogP contribution in [0.2, 0.25) is 0 Å². The van der Waals surface area contributed by atoms with Crippen LogP contribution >= 0.6 is 0 Å². The summed E-state index contributed by atoms with van der Waals surface area (Å²) < 4.78 is 14.5. The molecule has 138 valence electrons. The molecule has 0 saturated carbocycles. The summed E-state index contributed by atoms with van der Waals surface area (Å²) in [7, 11) is 0. The largest absolute Gasteiger partial charge is 0.326 e. The zero-order chi connectivity index (χ0) is 19.4. The highest BCUT2D eigenvalue weighted by atomic mass is 19.1. The van der Waals surface area contributed by atoms with Crippen molar-refractivity contribution in [3.8, 4) is 5.69 Å². The number of rotatable bonds is 5. The first-order valence-electron chi connectivity index (χ1n) is 8.37. The van der Waals surface area contributed by atoms with E-state index in [1.807, 2.05) is 0 Å². The number of hydrogen-bond acceptors (Lipinski definition) is 4. The third kappa shape index (κ3) is 4.35. The normalized spacial score (nSPS) is 10.5. The average Bonchev–Trinajstić information content (AvgIpc) is 3.04. The molecule has 0 unspecified atom stereocenters. The zero-order valence-electron chi connectivity index (χ0n) is 14.9. The highest BCUT2D eigenvalue weighted by molar-refractivity contribution is 6.02. The van der Waals surface area contributed by atoms with Gasteiger partial charge in [-0.15, -0.1) is 5.10 Å². The molecule has 0 radical (unpaired) electrons. The van der Waals surface area contributed by atoms with Crippen molar-refractivity contribution in [2.24, 2.45) is 0 Å². The van der Waals surface area contributed by atoms with Crippen molar-refractivity contribution >= 4 is 23.2 Å². The zero-order valence-corrected chi connectivity index (χ0v) is 14.9. The maximum absolute atomic E-state index is 13.1. The third-order valence-electron chi connectivity index (χ3n) is 3.77. The maximum atomic E-state index is 13.1. The maximum Gasteiger partial charge on any atom is 0.295 e. The molecule has 0 aliphatic carbocycles. The number of halogens is 1. The molecule has 0 bridgehead atoms. The average molecular weight is 367 g/mol. The molecule has 27 heavy (non-hydrogen) atoms. The van der Waals surface area contributed by atoms with Crippen LogP contribution in [0.1, 0.15) is 29.8 Å². The molecule has 8 heteroatoms. The molecule has 2 amide bonds. The van der Waals surface area contributed by atoms with Crippen LogP contribution < -0.4 is 10.6 Å². The number of nitrogens with one attached hydrogen (secondary N) is 2. The molecule has 0 saturated heterocycles. The minimum Gasteiger partial charge on any atom is -0.326 e. The minimum atomic E-state index is -0.488. The van der Waals surface area contributed by atoms with Crippen LogP contribution in [0, 0.1) is 12.7 Å². The summed E-state index contributed by atoms with van der Waals surface area (Å²) in [5.74, 6) is -0.480. The van der Waals surface area contributed by atoms with E-state index in [9.17, 15) is 14.0 Å². The number of aryl methyl sites for hydroxylation is 1. The molecule has 2 aromatic carbocycles. The molecule has 0 aliphatic rings. The van der Waals surface area contributed by atoms with Gasteiger partial charge in [-0.25, -0.2) is 14.1 Å². The van der Waals surface area contributed by atoms with Gasteiger partial charge in [-0.1, -0.05) is 13.0 Å². The van der Waals surface area contributed by atoms with Gasteiger partial charge in [0.2, 0.25) is 11.7 Å². The summed E-state index contributed by atoms with van der Waals surface area (Å²) in [6.45, 7) is 3.46. The summed E-state index contributed by atoms with van der Waals surface area (Å²) in [5, 5.41) is 9.62. The van der Waals surface area contributed by atoms with Crippen LogP contribution in [-0.2, 0) is 4.79 Å². The first-order valence-corrected chi connectivity index (χ1v) is 8.37. The number of benzene rings is 2. The molecule has 0 aliphatic heterocycles. The predicted molar refractivity (Wildman–Crippen MR) is 99.4 cm³/mol. The van der Waals surface area contributed by atoms with Gasteiger partial charge < -0.3 is 10.6 Å². The number of anilines is 2. The van der Waals surface area contributed by atoms with Crippen LogP contribution in [0.5, 0.6) is 0 Å². The van der Waals surface area contributed by atoms with Crippen molar-refractivity contribution in [1.82, 2.24) is 14.8 Å². The molecule has 0 spiro atoms. The Balaban J connectivity index is 1.77. The molecular formula is C19H18FN5O2. The van der Waals surface area contributed by atoms with Crippen LogP contribution in [0.15, 0.2) is 48.5 Å². The first-order chi connectivity index (χ1) is 13.0. The van der Waals surface area contributed by atoms with Gasteiger partial charge in [-0.3, -0.25) is 9.59 Å². The van der Waals surface area contributed by atoms with E-state index < -0.39 is 5.91 Å². The van der Waals surface area contributed by atoms with Gasteiger partial charge >= 0.3 is 0 Å². The van der Waals surface area contributed by atoms with Crippen molar-refractivity contribution < 1.29 is 14.0 Å². The second-order valence-corrected chi connectivity index (χ2v) is 5.81. The third-order valence-corrected chi connectivity index (χ3v) is 3.77. The second kappa shape index (κ2) is 7.77. The summed E-state index contributed by atoms with van der Waals surface area (Å²) in [5.41, 5.74) is 1.69. The number of carbonyl (C=O) groups excluding carboxylic acids is 2. The van der Waals surface area contributed by atoms with E-state index in [4.69, 9.17) is 0 Å². The summed E-state index contributed by atoms with van der Waals surface area (Å²) in [4.78, 5) is 28.1. The highest BCUT2D eigenvalue weighted by Crippen LogP contribution is 2.16. The molecule has 0 atom stereocenters. The Morgan fingerprint density at radius 3 is 2.41 bits per heavy atom. The number of amides is 2. The predicted octanol–water partition coefficient (Wildman–Crippen LogP) is 3.32. The van der Waals surface area contributed by atoms with Gasteiger partial charge in [0.25, 0.3) is 5.91 Å². The fraction of sp³-hybridized carbons (Fsp3) is 0.158. The van der Waals surface area contributed by atoms with Gasteiger partial charge in [-0.05, 0) is 49.4 Å². The number of hydrogen-bond donors (Lipinski definition) is 2. The molecule has 1 heterocycles. The Bertz CT molecular complexity index is 982. The lowest BCUT2D eigenvalue weighted by Gasteiger charge is -2.07. The van der Waals surface area contributed by atoms with Crippen LogP contribution in [0.25, 0.3) is 5.69 Å². The Morgan fingerprint density at radius 1 is 1.07 bits per heavy atom. The number of aromatic nitrogens is 3. The van der Waals surface area contributed by atoms with Crippen LogP contribution in [0.3, 0.4) is 0 Å². The van der Waals surface area contributed by atoms with E-state index in [1.165, 1.54) is 16.8 Å². The van der Waals surface area contributed by atoms with E-state index in [-0.39, 0.29) is 17.5 Å². The lowest BCUT2D eigenvalue weighted by atomic mass is 10.2. The van der Waals surface area contributed by atoms with E-state index >= 15 is 0 Å². The Hall–Kier alpha value is -3.55. The van der Waals surface area contributed by atoms with Gasteiger partial charge in [0.05, 0.1) is 5.69 Å². The molecular weight excluding hydrogens is 349 g/mol. The summed E-state index contributed by atoms with van der Waals surface area (Å²) in [6.07, 6.45) is 0.362. The van der Waals surface area contributed by atoms with E-state index in [2.05, 4.69) is 20.7 Å². The van der Waals surface area contributed by atoms with Gasteiger partial charge in [0, 0.05) is 17.8 Å². The molecule has 7 nitrogen and oxygen atoms in total. The van der Waals surface area contributed by atoms with Crippen LogP contribution in [-0.4, -0.2) is 26.6 Å². The van der Waals surface area contributed by atoms with Crippen molar-refractivity contribution in [3.63, 3.8) is 0 Å². The molecule has 3 aromatic rings. The first kappa shape index (κ1) is 18.2. The highest BCUT2D eigenvalue weighted by Gasteiger charge is 2.16. The monoisotopic (exact) mass is 367 g/mol. The molecule has 2 N–H and O–H groups in total. The lowest BCUT2D eigenvalue weighted by Crippen LogP contribution is -2.15. The van der Waals surface area contributed by atoms with Gasteiger partial charge in [0.1, 0.15) is 11.6 Å². The Morgan fingerprint density at radius 2 is 1.74 bits per heavy atom. The van der Waals surface area contributed by atoms with Crippen molar-refractivity contribution in [2.45, 2.75) is 20.3 Å². The minimum absolute atomic E-state index is 0.0141. The van der Waals surface area contributed by atoms with E-state index in [0.717, 1.165) is 0 Å². The van der Waals surface area contributed by atoms with Crippen molar-refractivity contribution in [2.75, 3.05) is 10.6 Å². The van der Waals surface area contributed by atoms with E-state index in [1.54, 1.807) is 50.2 Å². The van der Waals surface area contributed by atoms with Gasteiger partial charge in [0.15, 0.2) is 0 Å². The fourth-order valence-electron chi connectivity index (χ4n) is 2.42.